The summed E-state index contributed by atoms with van der Waals surface area (Å²) >= 11 is 0. The molecule has 0 bridgehead atoms. The van der Waals surface area contributed by atoms with Crippen LogP contribution in [0.3, 0.4) is 0 Å². The number of ether oxygens (including phenoxy) is 8. The minimum atomic E-state index is -1.27. The zero-order chi connectivity index (χ0) is 74.2. The molecule has 6 unspecified atom stereocenters. The monoisotopic (exact) mass is 1450 g/mol. The topological polar surface area (TPSA) is 426 Å². The molecule has 7 amide bonds. The Labute approximate surface area is 594 Å². The van der Waals surface area contributed by atoms with Crippen LogP contribution in [0.15, 0.2) is 0 Å². The van der Waals surface area contributed by atoms with Gasteiger partial charge in [0.2, 0.25) is 41.4 Å². The Balaban J connectivity index is 2.72. The van der Waals surface area contributed by atoms with Crippen LogP contribution in [-0.2, 0) is 94.9 Å². The first kappa shape index (κ1) is 92.2. The summed E-state index contributed by atoms with van der Waals surface area (Å²) in [5.41, 5.74) is 9.89. The quantitative estimate of drug-likeness (QED) is 0.0177. The van der Waals surface area contributed by atoms with Crippen LogP contribution in [0.4, 0.5) is 0 Å². The maximum Gasteiger partial charge on any atom is 0.303 e. The molecule has 100 heavy (non-hydrogen) atoms. The fraction of sp³-hybridized carbons (Fsp3) is 0.838. The fourth-order valence-corrected chi connectivity index (χ4v) is 12.1. The van der Waals surface area contributed by atoms with Crippen LogP contribution in [-0.4, -0.2) is 224 Å². The molecular weight excluding hydrogens is 1320 g/mol. The number of nitrogens with two attached hydrogens (primary N) is 2. The van der Waals surface area contributed by atoms with Gasteiger partial charge in [0, 0.05) is 118 Å². The molecule has 32 heteroatoms. The first-order valence-electron chi connectivity index (χ1n) is 36.0. The van der Waals surface area contributed by atoms with E-state index in [0.29, 0.717) is 97.3 Å². The van der Waals surface area contributed by atoms with Crippen molar-refractivity contribution in [2.24, 2.45) is 11.5 Å². The number of hydrogen-bond acceptors (Lipinski definition) is 24. The van der Waals surface area contributed by atoms with Crippen molar-refractivity contribution in [3.8, 4) is 6.07 Å². The Morgan fingerprint density at radius 2 is 0.900 bits per heavy atom. The highest BCUT2D eigenvalue weighted by Crippen LogP contribution is 2.46. The molecule has 1 aliphatic heterocycles. The van der Waals surface area contributed by atoms with Crippen LogP contribution in [0.1, 0.15) is 209 Å². The molecule has 1 heterocycles. The minimum Gasteiger partial charge on any atom is -0.463 e. The largest absolute Gasteiger partial charge is 0.463 e. The number of carbonyl (C=O) groups excluding carboxylic acids is 10. The molecule has 1 aliphatic rings. The molecule has 6 atom stereocenters. The van der Waals surface area contributed by atoms with Crippen molar-refractivity contribution in [2.45, 2.75) is 258 Å². The Hall–Kier alpha value is -5.78. The van der Waals surface area contributed by atoms with Gasteiger partial charge in [0.05, 0.1) is 65.3 Å². The summed E-state index contributed by atoms with van der Waals surface area (Å²) in [4.78, 5) is 125. The second-order valence-corrected chi connectivity index (χ2v) is 26.7. The summed E-state index contributed by atoms with van der Waals surface area (Å²) in [6, 6.07) is 1.51. The third-order valence-corrected chi connectivity index (χ3v) is 17.4. The van der Waals surface area contributed by atoms with Gasteiger partial charge in [-0.05, 0) is 98.6 Å². The van der Waals surface area contributed by atoms with Crippen molar-refractivity contribution in [1.82, 2.24) is 41.9 Å². The van der Waals surface area contributed by atoms with Gasteiger partial charge in [0.25, 0.3) is 8.53 Å². The number of unbranched alkanes of at least 4 members (excludes halogenated alkanes) is 11. The van der Waals surface area contributed by atoms with E-state index < -0.39 is 68.5 Å². The molecule has 576 valence electrons. The summed E-state index contributed by atoms with van der Waals surface area (Å²) in [6.45, 7) is 16.3. The maximum absolute atomic E-state index is 13.8. The molecule has 31 nitrogen and oxygen atoms in total. The van der Waals surface area contributed by atoms with Crippen molar-refractivity contribution in [3.05, 3.63) is 0 Å². The van der Waals surface area contributed by atoms with Crippen molar-refractivity contribution < 1.29 is 94.9 Å². The van der Waals surface area contributed by atoms with Gasteiger partial charge in [0.15, 0.2) is 18.5 Å². The summed E-state index contributed by atoms with van der Waals surface area (Å²) in [7, 11) is -1.24. The number of amides is 7. The van der Waals surface area contributed by atoms with Crippen LogP contribution in [0.5, 0.6) is 0 Å². The summed E-state index contributed by atoms with van der Waals surface area (Å²) in [6.07, 6.45) is 9.67. The van der Waals surface area contributed by atoms with Gasteiger partial charge in [-0.15, -0.1) is 0 Å². The molecule has 1 saturated heterocycles. The maximum atomic E-state index is 13.8. The van der Waals surface area contributed by atoms with Gasteiger partial charge in [0.1, 0.15) is 24.3 Å². The third-order valence-electron chi connectivity index (χ3n) is 15.3. The minimum absolute atomic E-state index is 0.0200. The lowest BCUT2D eigenvalue weighted by Gasteiger charge is -2.44. The Morgan fingerprint density at radius 3 is 1.36 bits per heavy atom. The van der Waals surface area contributed by atoms with Crippen LogP contribution < -0.4 is 48.7 Å². The molecule has 0 spiro atoms. The summed E-state index contributed by atoms with van der Waals surface area (Å²) < 4.78 is 60.5. The van der Waals surface area contributed by atoms with Crippen LogP contribution >= 0.6 is 8.53 Å². The van der Waals surface area contributed by atoms with Crippen molar-refractivity contribution in [3.63, 3.8) is 0 Å². The number of rotatable bonds is 62. The Bertz CT molecular complexity index is 2320. The molecule has 11 N–H and O–H groups in total. The zero-order valence-electron chi connectivity index (χ0n) is 61.2. The number of carbonyl (C=O) groups is 10. The number of nitrogens with one attached hydrogen (secondary N) is 7. The molecule has 1 fully saturated rings. The molecule has 0 aromatic rings. The van der Waals surface area contributed by atoms with Gasteiger partial charge in [-0.2, -0.15) is 5.26 Å². The van der Waals surface area contributed by atoms with E-state index in [1.165, 1.54) is 13.8 Å². The van der Waals surface area contributed by atoms with E-state index >= 15 is 0 Å². The molecule has 0 aliphatic carbocycles. The second kappa shape index (κ2) is 58.7. The normalized spacial score (nSPS) is 16.3. The van der Waals surface area contributed by atoms with E-state index in [1.54, 1.807) is 0 Å². The Morgan fingerprint density at radius 1 is 0.490 bits per heavy atom. The first-order valence-corrected chi connectivity index (χ1v) is 37.1. The van der Waals surface area contributed by atoms with Crippen molar-refractivity contribution in [1.29, 1.82) is 5.26 Å². The number of nitriles is 1. The smallest absolute Gasteiger partial charge is 0.303 e. The number of esters is 3. The van der Waals surface area contributed by atoms with Crippen LogP contribution in [0, 0.1) is 11.3 Å². The van der Waals surface area contributed by atoms with Gasteiger partial charge in [-0.25, -0.2) is 4.67 Å². The number of nitrogens with zero attached hydrogens (tertiary/aromatic N) is 2. The van der Waals surface area contributed by atoms with Crippen LogP contribution in [0.2, 0.25) is 0 Å². The zero-order valence-corrected chi connectivity index (χ0v) is 62.1. The third kappa shape index (κ3) is 47.4. The van der Waals surface area contributed by atoms with Crippen molar-refractivity contribution in [2.75, 3.05) is 112 Å². The molecular formula is C68H124N11O20P. The van der Waals surface area contributed by atoms with Gasteiger partial charge < -0.3 is 95.6 Å². The molecule has 1 rings (SSSR count). The van der Waals surface area contributed by atoms with E-state index in [2.05, 4.69) is 75.7 Å². The second-order valence-electron chi connectivity index (χ2n) is 25.3. The van der Waals surface area contributed by atoms with Crippen molar-refractivity contribution >= 4 is 67.8 Å². The van der Waals surface area contributed by atoms with E-state index in [4.69, 9.17) is 63.7 Å². The highest BCUT2D eigenvalue weighted by Gasteiger charge is 2.51. The van der Waals surface area contributed by atoms with E-state index in [0.717, 1.165) is 84.5 Å². The summed E-state index contributed by atoms with van der Waals surface area (Å²) in [5, 5.41) is 29.0. The number of hydrogen-bond donors (Lipinski definition) is 9. The molecule has 0 aromatic carbocycles. The molecule has 0 aromatic heterocycles. The van der Waals surface area contributed by atoms with Crippen LogP contribution in [0.25, 0.3) is 0 Å². The summed E-state index contributed by atoms with van der Waals surface area (Å²) in [5.74, 6) is -3.85. The van der Waals surface area contributed by atoms with Gasteiger partial charge in [-0.1, -0.05) is 51.4 Å². The average Bonchev–Trinajstić information content (AvgIpc) is 0.788. The lowest BCUT2D eigenvalue weighted by molar-refractivity contribution is -0.277. The first-order chi connectivity index (χ1) is 48.0. The SMILES string of the molecule is CC(=O)NC1C(OCCCCC(=O)NCCCNC(=O)CCOCC(COCCC(=O)NCCCN)(COCCC(=O)NCCCN)NC(=O)CCCCCCCCCCC(=O)NCCCCCCOP(OCCC#N)N(C(C)C)C(C)C)OC(COC(C)=O)C(OC(C)=O)C1OC(C)=O. The lowest BCUT2D eigenvalue weighted by atomic mass is 9.96. The predicted molar refractivity (Wildman–Crippen MR) is 374 cm³/mol. The van der Waals surface area contributed by atoms with E-state index in [1.807, 2.05) is 0 Å². The molecule has 0 saturated carbocycles. The standard InChI is InChI=1S/C68H124N11O20P/c1-51(2)79(52(3)4)100(96-43-25-35-71)95-42-21-16-15-20-36-72-58(84)27-17-13-11-9-10-12-14-18-29-63(89)78-68(48-90-44-30-60(86)73-37-23-33-69,49-91-45-31-61(87)74-38-24-34-70)50-92-46-32-62(88)76-40-26-39-75-59(85)28-19-22-41-93-67-64(77-53(5)80)66(98-56(8)83)65(97-55(7)82)57(99-67)47-94-54(6)81/h51-52,57,64-67H,9-34,36-50,69-70H2,1-8H3,(H,72,84)(H,73,86)(H,74,87)(H,75,85)(H,76,88)(H,77,80)(H,78,89). The van der Waals surface area contributed by atoms with E-state index in [-0.39, 0.29) is 146 Å². The average molecular weight is 1450 g/mol. The van der Waals surface area contributed by atoms with Gasteiger partial charge >= 0.3 is 17.9 Å². The Kier molecular flexibility index (Phi) is 54.1. The fourth-order valence-electron chi connectivity index (χ4n) is 10.5. The predicted octanol–water partition coefficient (Wildman–Crippen LogP) is 4.33. The van der Waals surface area contributed by atoms with Gasteiger partial charge in [-0.3, -0.25) is 47.9 Å². The molecule has 0 radical (unpaired) electrons. The highest BCUT2D eigenvalue weighted by molar-refractivity contribution is 7.44. The highest BCUT2D eigenvalue weighted by atomic mass is 31.2. The van der Waals surface area contributed by atoms with E-state index in [9.17, 15) is 47.9 Å². The lowest BCUT2D eigenvalue weighted by Crippen LogP contribution is -2.66.